The maximum absolute atomic E-state index is 12.4. The minimum absolute atomic E-state index is 0.155. The molecule has 3 aromatic rings. The van der Waals surface area contributed by atoms with Crippen LogP contribution in [0.1, 0.15) is 28.4 Å². The van der Waals surface area contributed by atoms with Gasteiger partial charge in [0, 0.05) is 10.0 Å². The Morgan fingerprint density at radius 2 is 1.91 bits per heavy atom. The van der Waals surface area contributed by atoms with E-state index in [4.69, 9.17) is 18.9 Å². The predicted octanol–water partition coefficient (Wildman–Crippen LogP) is 5.52. The van der Waals surface area contributed by atoms with Crippen molar-refractivity contribution in [1.82, 2.24) is 5.43 Å². The number of hydrazone groups is 1. The fourth-order valence-electron chi connectivity index (χ4n) is 3.07. The standard InChI is InChI=1S/C24H20BrIN2O5/c1-2-30-22-10-16(9-19(26)23(22)31-13-15-3-6-18(25)7-4-15)12-27-28-24(29)17-5-8-20-21(11-17)33-14-32-20/h3-12H,2,13-14H2,1H3,(H,28,29)/b27-12-. The SMILES string of the molecule is CCOc1cc(/C=N\NC(=O)c2ccc3c(c2)OCO3)cc(I)c1OCc1ccc(Br)cc1. The second kappa shape index (κ2) is 10.9. The highest BCUT2D eigenvalue weighted by Gasteiger charge is 2.16. The van der Waals surface area contributed by atoms with Gasteiger partial charge in [0.15, 0.2) is 23.0 Å². The van der Waals surface area contributed by atoms with Gasteiger partial charge in [0.2, 0.25) is 6.79 Å². The van der Waals surface area contributed by atoms with E-state index in [9.17, 15) is 4.79 Å². The summed E-state index contributed by atoms with van der Waals surface area (Å²) in [6, 6.07) is 16.7. The number of carbonyl (C=O) groups excluding carboxylic acids is 1. The van der Waals surface area contributed by atoms with Crippen molar-refractivity contribution in [2.75, 3.05) is 13.4 Å². The summed E-state index contributed by atoms with van der Waals surface area (Å²) in [6.45, 7) is 2.98. The summed E-state index contributed by atoms with van der Waals surface area (Å²) in [6.07, 6.45) is 1.56. The number of fused-ring (bicyclic) bond motifs is 1. The molecule has 0 fully saturated rings. The zero-order chi connectivity index (χ0) is 23.2. The first-order valence-corrected chi connectivity index (χ1v) is 12.0. The van der Waals surface area contributed by atoms with Crippen LogP contribution in [0.3, 0.4) is 0 Å². The number of carbonyl (C=O) groups is 1. The number of nitrogens with one attached hydrogen (secondary N) is 1. The largest absolute Gasteiger partial charge is 0.490 e. The van der Waals surface area contributed by atoms with Crippen molar-refractivity contribution in [3.05, 3.63) is 79.3 Å². The molecule has 1 aliphatic heterocycles. The molecule has 3 aromatic carbocycles. The molecule has 0 aliphatic carbocycles. The van der Waals surface area contributed by atoms with Crippen molar-refractivity contribution in [3.63, 3.8) is 0 Å². The van der Waals surface area contributed by atoms with E-state index in [-0.39, 0.29) is 12.7 Å². The maximum Gasteiger partial charge on any atom is 0.271 e. The van der Waals surface area contributed by atoms with E-state index in [0.717, 1.165) is 19.2 Å². The number of rotatable bonds is 8. The summed E-state index contributed by atoms with van der Waals surface area (Å²) in [5.74, 6) is 2.10. The first-order chi connectivity index (χ1) is 16.0. The Morgan fingerprint density at radius 3 is 2.70 bits per heavy atom. The minimum atomic E-state index is -0.348. The second-order valence-electron chi connectivity index (χ2n) is 6.95. The van der Waals surface area contributed by atoms with Gasteiger partial charge in [0.1, 0.15) is 6.61 Å². The molecule has 0 aromatic heterocycles. The number of halogens is 2. The molecule has 0 unspecified atom stereocenters. The number of hydrogen-bond acceptors (Lipinski definition) is 6. The van der Waals surface area contributed by atoms with Gasteiger partial charge in [-0.2, -0.15) is 5.10 Å². The van der Waals surface area contributed by atoms with Crippen LogP contribution in [-0.4, -0.2) is 25.5 Å². The molecule has 170 valence electrons. The van der Waals surface area contributed by atoms with Crippen LogP contribution in [0.15, 0.2) is 64.2 Å². The summed E-state index contributed by atoms with van der Waals surface area (Å²) >= 11 is 5.64. The molecule has 0 radical (unpaired) electrons. The summed E-state index contributed by atoms with van der Waals surface area (Å²) < 4.78 is 24.3. The number of nitrogens with zero attached hydrogens (tertiary/aromatic N) is 1. The lowest BCUT2D eigenvalue weighted by Crippen LogP contribution is -2.17. The molecule has 4 rings (SSSR count). The zero-order valence-corrected chi connectivity index (χ0v) is 21.4. The van der Waals surface area contributed by atoms with Crippen LogP contribution < -0.4 is 24.4 Å². The summed E-state index contributed by atoms with van der Waals surface area (Å²) in [5.41, 5.74) is 4.78. The molecule has 0 saturated carbocycles. The molecule has 9 heteroatoms. The van der Waals surface area contributed by atoms with Crippen LogP contribution >= 0.6 is 38.5 Å². The third-order valence-electron chi connectivity index (χ3n) is 4.64. The second-order valence-corrected chi connectivity index (χ2v) is 9.02. The van der Waals surface area contributed by atoms with Crippen LogP contribution in [0.5, 0.6) is 23.0 Å². The normalized spacial score (nSPS) is 12.1. The highest BCUT2D eigenvalue weighted by Crippen LogP contribution is 2.35. The van der Waals surface area contributed by atoms with E-state index in [1.807, 2.05) is 43.3 Å². The van der Waals surface area contributed by atoms with Crippen LogP contribution in [0.4, 0.5) is 0 Å². The molecule has 1 amide bonds. The smallest absolute Gasteiger partial charge is 0.271 e. The van der Waals surface area contributed by atoms with Crippen molar-refractivity contribution >= 4 is 50.6 Å². The van der Waals surface area contributed by atoms with Gasteiger partial charge in [0.25, 0.3) is 5.91 Å². The summed E-state index contributed by atoms with van der Waals surface area (Å²) in [7, 11) is 0. The Bertz CT molecular complexity index is 1180. The average molecular weight is 623 g/mol. The van der Waals surface area contributed by atoms with Crippen molar-refractivity contribution in [1.29, 1.82) is 0 Å². The summed E-state index contributed by atoms with van der Waals surface area (Å²) in [4.78, 5) is 12.4. The van der Waals surface area contributed by atoms with Crippen molar-refractivity contribution in [3.8, 4) is 23.0 Å². The monoisotopic (exact) mass is 622 g/mol. The number of amides is 1. The molecule has 0 bridgehead atoms. The highest BCUT2D eigenvalue weighted by molar-refractivity contribution is 14.1. The van der Waals surface area contributed by atoms with Crippen LogP contribution in [0.25, 0.3) is 0 Å². The van der Waals surface area contributed by atoms with Crippen molar-refractivity contribution in [2.45, 2.75) is 13.5 Å². The third-order valence-corrected chi connectivity index (χ3v) is 5.97. The van der Waals surface area contributed by atoms with Gasteiger partial charge in [0.05, 0.1) is 16.4 Å². The molecule has 0 atom stereocenters. The van der Waals surface area contributed by atoms with Crippen molar-refractivity contribution < 1.29 is 23.7 Å². The van der Waals surface area contributed by atoms with E-state index in [0.29, 0.717) is 41.8 Å². The Morgan fingerprint density at radius 1 is 1.12 bits per heavy atom. The average Bonchev–Trinajstić information content (AvgIpc) is 3.28. The molecule has 1 aliphatic rings. The quantitative estimate of drug-likeness (QED) is 0.203. The predicted molar refractivity (Wildman–Crippen MR) is 136 cm³/mol. The van der Waals surface area contributed by atoms with Gasteiger partial charge in [-0.25, -0.2) is 5.43 Å². The molecule has 33 heavy (non-hydrogen) atoms. The molecule has 7 nitrogen and oxygen atoms in total. The Hall–Kier alpha value is -2.79. The van der Waals surface area contributed by atoms with Gasteiger partial charge >= 0.3 is 0 Å². The van der Waals surface area contributed by atoms with Gasteiger partial charge < -0.3 is 18.9 Å². The topological polar surface area (TPSA) is 78.4 Å². The number of benzene rings is 3. The molecule has 1 N–H and O–H groups in total. The van der Waals surface area contributed by atoms with E-state index in [1.54, 1.807) is 24.4 Å². The highest BCUT2D eigenvalue weighted by atomic mass is 127. The van der Waals surface area contributed by atoms with E-state index in [1.165, 1.54) is 0 Å². The van der Waals surface area contributed by atoms with Crippen LogP contribution in [-0.2, 0) is 6.61 Å². The molecular weight excluding hydrogens is 603 g/mol. The zero-order valence-electron chi connectivity index (χ0n) is 17.6. The first kappa shape index (κ1) is 23.4. The molecule has 0 spiro atoms. The fourth-order valence-corrected chi connectivity index (χ4v) is 4.11. The Kier molecular flexibility index (Phi) is 7.71. The number of hydrogen-bond donors (Lipinski definition) is 1. The van der Waals surface area contributed by atoms with Crippen LogP contribution in [0, 0.1) is 3.57 Å². The van der Waals surface area contributed by atoms with E-state index in [2.05, 4.69) is 49.0 Å². The summed E-state index contributed by atoms with van der Waals surface area (Å²) in [5, 5.41) is 4.08. The molecule has 1 heterocycles. The van der Waals surface area contributed by atoms with Gasteiger partial charge in [-0.05, 0) is 83.1 Å². The fraction of sp³-hybridized carbons (Fsp3) is 0.167. The number of ether oxygens (including phenoxy) is 4. The lowest BCUT2D eigenvalue weighted by molar-refractivity contribution is 0.0954. The van der Waals surface area contributed by atoms with Gasteiger partial charge in [-0.1, -0.05) is 28.1 Å². The molecular formula is C24H20BrIN2O5. The maximum atomic E-state index is 12.4. The van der Waals surface area contributed by atoms with E-state index < -0.39 is 0 Å². The lowest BCUT2D eigenvalue weighted by atomic mass is 10.2. The molecule has 0 saturated heterocycles. The minimum Gasteiger partial charge on any atom is -0.490 e. The third kappa shape index (κ3) is 5.97. The van der Waals surface area contributed by atoms with Gasteiger partial charge in [-0.3, -0.25) is 4.79 Å². The van der Waals surface area contributed by atoms with Crippen LogP contribution in [0.2, 0.25) is 0 Å². The first-order valence-electron chi connectivity index (χ1n) is 10.1. The van der Waals surface area contributed by atoms with Crippen molar-refractivity contribution in [2.24, 2.45) is 5.10 Å². The Labute approximate surface area is 213 Å². The van der Waals surface area contributed by atoms with E-state index >= 15 is 0 Å². The Balaban J connectivity index is 1.44. The lowest BCUT2D eigenvalue weighted by Gasteiger charge is -2.15. The van der Waals surface area contributed by atoms with Gasteiger partial charge in [-0.15, -0.1) is 0 Å².